The largest absolute Gasteiger partial charge is 0.224 e. The highest BCUT2D eigenvalue weighted by atomic mass is 32.2. The lowest BCUT2D eigenvalue weighted by molar-refractivity contribution is 0.557. The first kappa shape index (κ1) is 13.8. The maximum Gasteiger partial charge on any atom is 0.176 e. The molecular weight excluding hydrogens is 296 g/mol. The van der Waals surface area contributed by atoms with Gasteiger partial charge in [-0.1, -0.05) is 30.3 Å². The standard InChI is InChI=1S/C14H16O4S2/c15-19(16)8-9-20(17,18)14-10-12(6-7-13(14)19)11-4-2-1-3-5-11/h1-5,12H,6-10H2. The highest BCUT2D eigenvalue weighted by Gasteiger charge is 2.39. The van der Waals surface area contributed by atoms with E-state index in [4.69, 9.17) is 0 Å². The van der Waals surface area contributed by atoms with Crippen LogP contribution in [0.15, 0.2) is 40.1 Å². The Hall–Kier alpha value is -1.14. The Bertz CT molecular complexity index is 759. The van der Waals surface area contributed by atoms with Gasteiger partial charge in [0.15, 0.2) is 19.7 Å². The number of sulfone groups is 2. The SMILES string of the molecule is O=S1(=O)CCS(=O)(=O)C2=C1CCC(c1ccccc1)C2. The van der Waals surface area contributed by atoms with Gasteiger partial charge in [0, 0.05) is 0 Å². The van der Waals surface area contributed by atoms with E-state index in [1.165, 1.54) is 0 Å². The lowest BCUT2D eigenvalue weighted by atomic mass is 9.87. The molecule has 1 atom stereocenters. The fourth-order valence-corrected chi connectivity index (χ4v) is 7.76. The van der Waals surface area contributed by atoms with Crippen LogP contribution in [0.4, 0.5) is 0 Å². The molecule has 2 aliphatic rings. The van der Waals surface area contributed by atoms with Gasteiger partial charge in [0.1, 0.15) is 0 Å². The van der Waals surface area contributed by atoms with Gasteiger partial charge < -0.3 is 0 Å². The van der Waals surface area contributed by atoms with Crippen LogP contribution in [0.2, 0.25) is 0 Å². The number of hydrogen-bond acceptors (Lipinski definition) is 4. The summed E-state index contributed by atoms with van der Waals surface area (Å²) in [6, 6.07) is 9.70. The first-order chi connectivity index (χ1) is 9.40. The van der Waals surface area contributed by atoms with Crippen molar-refractivity contribution >= 4 is 19.7 Å². The molecule has 0 radical (unpaired) electrons. The Balaban J connectivity index is 2.04. The van der Waals surface area contributed by atoms with Crippen LogP contribution in [0.1, 0.15) is 30.7 Å². The molecule has 0 aromatic heterocycles. The van der Waals surface area contributed by atoms with Gasteiger partial charge in [-0.25, -0.2) is 16.8 Å². The van der Waals surface area contributed by atoms with Crippen LogP contribution in [0, 0.1) is 0 Å². The van der Waals surface area contributed by atoms with E-state index in [2.05, 4.69) is 0 Å². The summed E-state index contributed by atoms with van der Waals surface area (Å²) in [5.41, 5.74) is 1.08. The monoisotopic (exact) mass is 312 g/mol. The average Bonchev–Trinajstić information content (AvgIpc) is 2.45. The van der Waals surface area contributed by atoms with E-state index in [9.17, 15) is 16.8 Å². The minimum atomic E-state index is -3.40. The maximum atomic E-state index is 12.2. The Morgan fingerprint density at radius 3 is 2.10 bits per heavy atom. The molecule has 0 fully saturated rings. The second-order valence-corrected chi connectivity index (χ2v) is 9.60. The normalized spacial score (nSPS) is 27.9. The summed E-state index contributed by atoms with van der Waals surface area (Å²) in [5, 5.41) is 0. The van der Waals surface area contributed by atoms with E-state index in [1.807, 2.05) is 30.3 Å². The van der Waals surface area contributed by atoms with Crippen LogP contribution >= 0.6 is 0 Å². The fourth-order valence-electron chi connectivity index (χ4n) is 2.99. The zero-order valence-corrected chi connectivity index (χ0v) is 12.6. The van der Waals surface area contributed by atoms with Gasteiger partial charge in [-0.05, 0) is 30.7 Å². The molecule has 1 aliphatic carbocycles. The second kappa shape index (κ2) is 4.70. The smallest absolute Gasteiger partial charge is 0.176 e. The zero-order chi connectivity index (χ0) is 14.4. The van der Waals surface area contributed by atoms with Crippen molar-refractivity contribution in [2.75, 3.05) is 11.5 Å². The zero-order valence-electron chi connectivity index (χ0n) is 10.9. The summed E-state index contributed by atoms with van der Waals surface area (Å²) in [4.78, 5) is 0.347. The van der Waals surface area contributed by atoms with Crippen molar-refractivity contribution in [2.24, 2.45) is 0 Å². The van der Waals surface area contributed by atoms with E-state index in [0.29, 0.717) is 19.3 Å². The summed E-state index contributed by atoms with van der Waals surface area (Å²) in [5.74, 6) is -0.433. The van der Waals surface area contributed by atoms with Gasteiger partial charge in [-0.15, -0.1) is 0 Å². The number of allylic oxidation sites excluding steroid dienone is 2. The Labute approximate surface area is 119 Å². The third-order valence-corrected chi connectivity index (χ3v) is 8.34. The van der Waals surface area contributed by atoms with E-state index in [0.717, 1.165) is 5.56 Å². The summed E-state index contributed by atoms with van der Waals surface area (Å²) >= 11 is 0. The minimum absolute atomic E-state index is 0.0954. The first-order valence-electron chi connectivity index (χ1n) is 6.63. The van der Waals surface area contributed by atoms with Crippen molar-refractivity contribution in [3.8, 4) is 0 Å². The lowest BCUT2D eigenvalue weighted by Crippen LogP contribution is -2.31. The molecule has 20 heavy (non-hydrogen) atoms. The molecule has 1 unspecified atom stereocenters. The van der Waals surface area contributed by atoms with Crippen molar-refractivity contribution in [3.63, 3.8) is 0 Å². The fraction of sp³-hybridized carbons (Fsp3) is 0.429. The van der Waals surface area contributed by atoms with Crippen molar-refractivity contribution in [1.29, 1.82) is 0 Å². The summed E-state index contributed by atoms with van der Waals surface area (Å²) in [7, 11) is -6.75. The topological polar surface area (TPSA) is 68.3 Å². The van der Waals surface area contributed by atoms with E-state index in [-0.39, 0.29) is 27.2 Å². The van der Waals surface area contributed by atoms with Crippen molar-refractivity contribution < 1.29 is 16.8 Å². The van der Waals surface area contributed by atoms with E-state index in [1.54, 1.807) is 0 Å². The summed E-state index contributed by atoms with van der Waals surface area (Å²) in [6.07, 6.45) is 1.36. The second-order valence-electron chi connectivity index (χ2n) is 5.33. The third-order valence-electron chi connectivity index (χ3n) is 4.11. The van der Waals surface area contributed by atoms with E-state index < -0.39 is 19.7 Å². The highest BCUT2D eigenvalue weighted by Crippen LogP contribution is 2.42. The highest BCUT2D eigenvalue weighted by molar-refractivity contribution is 8.02. The van der Waals surface area contributed by atoms with E-state index >= 15 is 0 Å². The van der Waals surface area contributed by atoms with Crippen LogP contribution in [0.3, 0.4) is 0 Å². The predicted molar refractivity (Wildman–Crippen MR) is 77.6 cm³/mol. The average molecular weight is 312 g/mol. The molecule has 1 aromatic rings. The van der Waals surface area contributed by atoms with Gasteiger partial charge in [0.25, 0.3) is 0 Å². The van der Waals surface area contributed by atoms with Crippen LogP contribution in [0.25, 0.3) is 0 Å². The molecule has 0 spiro atoms. The third kappa shape index (κ3) is 2.31. The minimum Gasteiger partial charge on any atom is -0.224 e. The lowest BCUT2D eigenvalue weighted by Gasteiger charge is -2.29. The molecule has 108 valence electrons. The van der Waals surface area contributed by atoms with Crippen molar-refractivity contribution in [1.82, 2.24) is 0 Å². The van der Waals surface area contributed by atoms with Crippen LogP contribution in [-0.4, -0.2) is 28.3 Å². The van der Waals surface area contributed by atoms with Gasteiger partial charge in [-0.2, -0.15) is 0 Å². The molecule has 0 amide bonds. The number of benzene rings is 1. The van der Waals surface area contributed by atoms with Gasteiger partial charge in [0.2, 0.25) is 0 Å². The molecule has 6 heteroatoms. The van der Waals surface area contributed by atoms with Gasteiger partial charge in [0.05, 0.1) is 21.3 Å². The predicted octanol–water partition coefficient (Wildman–Crippen LogP) is 2.01. The molecule has 1 heterocycles. The molecule has 4 nitrogen and oxygen atoms in total. The molecule has 0 N–H and O–H groups in total. The number of hydrogen-bond donors (Lipinski definition) is 0. The molecule has 0 saturated carbocycles. The molecule has 0 saturated heterocycles. The molecular formula is C14H16O4S2. The van der Waals surface area contributed by atoms with Gasteiger partial charge >= 0.3 is 0 Å². The Kier molecular flexibility index (Phi) is 3.25. The van der Waals surface area contributed by atoms with Crippen molar-refractivity contribution in [3.05, 3.63) is 45.7 Å². The molecule has 3 rings (SSSR count). The maximum absolute atomic E-state index is 12.2. The quantitative estimate of drug-likeness (QED) is 0.795. The van der Waals surface area contributed by atoms with Crippen LogP contribution in [-0.2, 0) is 19.7 Å². The molecule has 1 aromatic carbocycles. The van der Waals surface area contributed by atoms with Gasteiger partial charge in [-0.3, -0.25) is 0 Å². The van der Waals surface area contributed by atoms with Crippen molar-refractivity contribution in [2.45, 2.75) is 25.2 Å². The van der Waals surface area contributed by atoms with Crippen LogP contribution < -0.4 is 0 Å². The summed E-state index contributed by atoms with van der Waals surface area (Å²) < 4.78 is 48.4. The van der Waals surface area contributed by atoms with Crippen LogP contribution in [0.5, 0.6) is 0 Å². The molecule has 0 bridgehead atoms. The molecule has 1 aliphatic heterocycles. The first-order valence-corrected chi connectivity index (χ1v) is 9.93. The number of rotatable bonds is 1. The Morgan fingerprint density at radius 1 is 0.850 bits per heavy atom. The summed E-state index contributed by atoms with van der Waals surface area (Å²) in [6.45, 7) is 0. The Morgan fingerprint density at radius 2 is 1.45 bits per heavy atom.